The Morgan fingerprint density at radius 1 is 0.800 bits per heavy atom. The Labute approximate surface area is 98.5 Å². The first-order valence-electron chi connectivity index (χ1n) is 7.18. The molecule has 1 unspecified atom stereocenters. The Hall–Kier alpha value is 0.0649. The van der Waals surface area contributed by atoms with Crippen LogP contribution in [0.2, 0.25) is 12.1 Å². The van der Waals surface area contributed by atoms with Gasteiger partial charge in [-0.15, -0.1) is 0 Å². The van der Waals surface area contributed by atoms with Crippen LogP contribution in [0.3, 0.4) is 0 Å². The van der Waals surface area contributed by atoms with E-state index in [0.29, 0.717) is 5.31 Å². The van der Waals surface area contributed by atoms with E-state index in [9.17, 15) is 0 Å². The van der Waals surface area contributed by atoms with Crippen LogP contribution < -0.4 is 0 Å². The summed E-state index contributed by atoms with van der Waals surface area (Å²) in [6.45, 7) is 9.45. The van der Waals surface area contributed by atoms with Crippen LogP contribution in [0.25, 0.3) is 0 Å². The van der Waals surface area contributed by atoms with Crippen molar-refractivity contribution in [3.8, 4) is 0 Å². The van der Waals surface area contributed by atoms with E-state index >= 15 is 0 Å². The van der Waals surface area contributed by atoms with Gasteiger partial charge in [-0.3, -0.25) is 0 Å². The second-order valence-corrected chi connectivity index (χ2v) is 5.43. The maximum Gasteiger partial charge on any atom is 0.124 e. The highest BCUT2D eigenvalue weighted by Crippen LogP contribution is 2.37. The maximum atomic E-state index is 2.49. The molecular formula is C14H31B. The minimum Gasteiger partial charge on any atom is -0.0889 e. The van der Waals surface area contributed by atoms with Gasteiger partial charge in [-0.05, 0) is 0 Å². The summed E-state index contributed by atoms with van der Waals surface area (Å²) in [6.07, 6.45) is 12.8. The molecule has 0 aliphatic carbocycles. The molecule has 0 aromatic rings. The van der Waals surface area contributed by atoms with Crippen molar-refractivity contribution in [2.45, 2.75) is 90.7 Å². The zero-order valence-electron chi connectivity index (χ0n) is 11.6. The fourth-order valence-corrected chi connectivity index (χ4v) is 2.26. The van der Waals surface area contributed by atoms with Crippen molar-refractivity contribution in [3.63, 3.8) is 0 Å². The number of hydrogen-bond donors (Lipinski definition) is 0. The summed E-state index contributed by atoms with van der Waals surface area (Å²) < 4.78 is 0. The molecule has 0 aliphatic rings. The molecule has 0 saturated heterocycles. The smallest absolute Gasteiger partial charge is 0.0889 e. The molecule has 15 heavy (non-hydrogen) atoms. The highest BCUT2D eigenvalue weighted by atomic mass is 14.2. The predicted molar refractivity (Wildman–Crippen MR) is 74.3 cm³/mol. The third-order valence-electron chi connectivity index (χ3n) is 3.87. The van der Waals surface area contributed by atoms with E-state index in [1.165, 1.54) is 65.1 Å². The van der Waals surface area contributed by atoms with E-state index < -0.39 is 0 Å². The lowest BCUT2D eigenvalue weighted by atomic mass is 9.51. The lowest BCUT2D eigenvalue weighted by molar-refractivity contribution is 0.454. The molecule has 0 radical (unpaired) electrons. The van der Waals surface area contributed by atoms with Crippen molar-refractivity contribution in [1.82, 2.24) is 0 Å². The summed E-state index contributed by atoms with van der Waals surface area (Å²) in [5.41, 5.74) is 0. The molecule has 0 aromatic heterocycles. The minimum atomic E-state index is 0.642. The van der Waals surface area contributed by atoms with Gasteiger partial charge in [-0.25, -0.2) is 0 Å². The third-order valence-corrected chi connectivity index (χ3v) is 3.87. The largest absolute Gasteiger partial charge is 0.124 e. The van der Waals surface area contributed by atoms with E-state index in [-0.39, 0.29) is 0 Å². The van der Waals surface area contributed by atoms with Crippen LogP contribution in [-0.4, -0.2) is 7.28 Å². The second kappa shape index (κ2) is 9.30. The fraction of sp³-hybridized carbons (Fsp3) is 1.00. The van der Waals surface area contributed by atoms with Crippen LogP contribution in [0.1, 0.15) is 78.6 Å². The van der Waals surface area contributed by atoms with Crippen molar-refractivity contribution in [3.05, 3.63) is 0 Å². The zero-order chi connectivity index (χ0) is 11.6. The summed E-state index contributed by atoms with van der Waals surface area (Å²) in [6, 6.07) is 0. The Bertz CT molecular complexity index is 133. The lowest BCUT2D eigenvalue weighted by Crippen LogP contribution is -2.14. The van der Waals surface area contributed by atoms with Gasteiger partial charge in [0.1, 0.15) is 7.28 Å². The monoisotopic (exact) mass is 210 g/mol. The normalized spacial score (nSPS) is 14.9. The fourth-order valence-electron chi connectivity index (χ4n) is 2.26. The van der Waals surface area contributed by atoms with Gasteiger partial charge >= 0.3 is 0 Å². The first-order chi connectivity index (χ1) is 7.18. The van der Waals surface area contributed by atoms with Gasteiger partial charge in [0.2, 0.25) is 0 Å². The van der Waals surface area contributed by atoms with Gasteiger partial charge in [0, 0.05) is 0 Å². The molecule has 0 fully saturated rings. The summed E-state index contributed by atoms with van der Waals surface area (Å²) >= 11 is 0. The highest BCUT2D eigenvalue weighted by molar-refractivity contribution is 6.38. The van der Waals surface area contributed by atoms with E-state index in [1.54, 1.807) is 0 Å². The molecule has 1 heteroatoms. The molecular weight excluding hydrogens is 179 g/mol. The van der Waals surface area contributed by atoms with Crippen LogP contribution >= 0.6 is 0 Å². The lowest BCUT2D eigenvalue weighted by Gasteiger charge is -2.27. The maximum absolute atomic E-state index is 2.49. The average Bonchev–Trinajstić information content (AvgIpc) is 2.25. The quantitative estimate of drug-likeness (QED) is 0.343. The molecule has 0 rings (SSSR count). The van der Waals surface area contributed by atoms with Crippen LogP contribution in [0.5, 0.6) is 0 Å². The van der Waals surface area contributed by atoms with Crippen molar-refractivity contribution in [2.75, 3.05) is 0 Å². The molecule has 0 nitrogen and oxygen atoms in total. The summed E-state index contributed by atoms with van der Waals surface area (Å²) in [5.74, 6) is 0. The Balaban J connectivity index is 3.65. The van der Waals surface area contributed by atoms with Crippen molar-refractivity contribution < 1.29 is 0 Å². The summed E-state index contributed by atoms with van der Waals surface area (Å²) in [7, 11) is 1.36. The van der Waals surface area contributed by atoms with Gasteiger partial charge in [0.05, 0.1) is 0 Å². The highest BCUT2D eigenvalue weighted by Gasteiger charge is 2.21. The van der Waals surface area contributed by atoms with Crippen molar-refractivity contribution in [1.29, 1.82) is 0 Å². The van der Waals surface area contributed by atoms with E-state index in [2.05, 4.69) is 27.6 Å². The van der Waals surface area contributed by atoms with Crippen LogP contribution in [0, 0.1) is 0 Å². The van der Waals surface area contributed by atoms with Crippen molar-refractivity contribution >= 4 is 7.28 Å². The van der Waals surface area contributed by atoms with Gasteiger partial charge in [-0.1, -0.05) is 90.7 Å². The van der Waals surface area contributed by atoms with Crippen LogP contribution in [-0.2, 0) is 0 Å². The van der Waals surface area contributed by atoms with Crippen LogP contribution in [0.4, 0.5) is 0 Å². The molecule has 0 heterocycles. The van der Waals surface area contributed by atoms with Gasteiger partial charge in [0.25, 0.3) is 0 Å². The predicted octanol–water partition coefficient (Wildman–Crippen LogP) is 5.20. The Morgan fingerprint density at radius 2 is 1.27 bits per heavy atom. The number of unbranched alkanes of at least 4 members (excludes halogenated alkanes) is 5. The topological polar surface area (TPSA) is 0 Å². The SMILES string of the molecule is CBC(C)(CCCCC)CCCCCC. The van der Waals surface area contributed by atoms with Gasteiger partial charge in [0.15, 0.2) is 0 Å². The Kier molecular flexibility index (Phi) is 9.34. The van der Waals surface area contributed by atoms with Gasteiger partial charge in [-0.2, -0.15) is 0 Å². The molecule has 0 saturated carbocycles. The number of rotatable bonds is 10. The molecule has 0 bridgehead atoms. The minimum absolute atomic E-state index is 0.642. The second-order valence-electron chi connectivity index (χ2n) is 5.43. The first-order valence-corrected chi connectivity index (χ1v) is 7.18. The molecule has 90 valence electrons. The zero-order valence-corrected chi connectivity index (χ0v) is 11.6. The molecule has 0 amide bonds. The van der Waals surface area contributed by atoms with Crippen LogP contribution in [0.15, 0.2) is 0 Å². The molecule has 0 N–H and O–H groups in total. The number of hydrogen-bond acceptors (Lipinski definition) is 0. The molecule has 0 aliphatic heterocycles. The summed E-state index contributed by atoms with van der Waals surface area (Å²) in [5, 5.41) is 0.642. The third kappa shape index (κ3) is 7.93. The summed E-state index contributed by atoms with van der Waals surface area (Å²) in [4.78, 5) is 0. The van der Waals surface area contributed by atoms with E-state index in [4.69, 9.17) is 0 Å². The standard InChI is InChI=1S/C14H31B/c1-5-7-9-11-13-14(3,15-4)12-10-8-6-2/h15H,5-13H2,1-4H3. The molecule has 0 spiro atoms. The van der Waals surface area contributed by atoms with E-state index in [1.807, 2.05) is 0 Å². The Morgan fingerprint density at radius 3 is 1.73 bits per heavy atom. The molecule has 0 aromatic carbocycles. The average molecular weight is 210 g/mol. The van der Waals surface area contributed by atoms with Gasteiger partial charge < -0.3 is 0 Å². The first kappa shape index (κ1) is 15.1. The van der Waals surface area contributed by atoms with E-state index in [0.717, 1.165) is 0 Å². The molecule has 1 atom stereocenters. The van der Waals surface area contributed by atoms with Crippen molar-refractivity contribution in [2.24, 2.45) is 0 Å².